The van der Waals surface area contributed by atoms with Crippen LogP contribution in [0.15, 0.2) is 78.9 Å². The lowest BCUT2D eigenvalue weighted by atomic mass is 10.2. The number of aromatic nitrogens is 3. The van der Waals surface area contributed by atoms with E-state index >= 15 is 0 Å². The highest BCUT2D eigenvalue weighted by Gasteiger charge is 2.17. The van der Waals surface area contributed by atoms with Crippen LogP contribution in [0.25, 0.3) is 17.1 Å². The summed E-state index contributed by atoms with van der Waals surface area (Å²) < 4.78 is 1.72. The number of non-ortho nitro benzene ring substituents is 2. The standard InChI is InChI=1S/C20H14N6O4/c27-25(28)17-8-6-15(7-9-17)21-20-23-22-19(14-4-2-1-3-5-14)24(20)16-10-12-18(13-11-16)26(29)30/h1-13H,(H,21,23). The van der Waals surface area contributed by atoms with Crippen molar-refractivity contribution in [3.63, 3.8) is 0 Å². The highest BCUT2D eigenvalue weighted by atomic mass is 16.6. The first kappa shape index (κ1) is 18.7. The molecular formula is C20H14N6O4. The average Bonchev–Trinajstić information content (AvgIpc) is 3.18. The summed E-state index contributed by atoms with van der Waals surface area (Å²) in [6.45, 7) is 0. The van der Waals surface area contributed by atoms with Gasteiger partial charge in [-0.25, -0.2) is 0 Å². The first-order valence-electron chi connectivity index (χ1n) is 8.80. The molecule has 10 nitrogen and oxygen atoms in total. The highest BCUT2D eigenvalue weighted by Crippen LogP contribution is 2.28. The van der Waals surface area contributed by atoms with Gasteiger partial charge in [0.15, 0.2) is 5.82 Å². The molecule has 3 aromatic carbocycles. The minimum atomic E-state index is -0.476. The number of hydrogen-bond acceptors (Lipinski definition) is 7. The summed E-state index contributed by atoms with van der Waals surface area (Å²) in [6, 6.07) is 21.3. The maximum Gasteiger partial charge on any atom is 0.269 e. The van der Waals surface area contributed by atoms with Gasteiger partial charge in [-0.05, 0) is 24.3 Å². The van der Waals surface area contributed by atoms with Gasteiger partial charge in [-0.15, -0.1) is 10.2 Å². The lowest BCUT2D eigenvalue weighted by Gasteiger charge is -2.12. The van der Waals surface area contributed by atoms with E-state index in [1.165, 1.54) is 24.3 Å². The van der Waals surface area contributed by atoms with Gasteiger partial charge in [0.05, 0.1) is 15.5 Å². The minimum Gasteiger partial charge on any atom is -0.324 e. The van der Waals surface area contributed by atoms with E-state index in [9.17, 15) is 20.2 Å². The Morgan fingerprint density at radius 1 is 0.733 bits per heavy atom. The van der Waals surface area contributed by atoms with Crippen molar-refractivity contribution in [2.24, 2.45) is 0 Å². The van der Waals surface area contributed by atoms with Crippen LogP contribution in [0.1, 0.15) is 0 Å². The molecule has 148 valence electrons. The Kier molecular flexibility index (Phi) is 4.87. The van der Waals surface area contributed by atoms with E-state index in [0.29, 0.717) is 23.1 Å². The molecule has 0 amide bonds. The van der Waals surface area contributed by atoms with Crippen molar-refractivity contribution in [1.29, 1.82) is 0 Å². The predicted octanol–water partition coefficient (Wildman–Crippen LogP) is 4.49. The third-order valence-electron chi connectivity index (χ3n) is 4.35. The number of anilines is 2. The maximum absolute atomic E-state index is 11.0. The number of benzene rings is 3. The maximum atomic E-state index is 11.0. The van der Waals surface area contributed by atoms with E-state index in [4.69, 9.17) is 0 Å². The molecule has 0 bridgehead atoms. The molecule has 0 fully saturated rings. The van der Waals surface area contributed by atoms with Gasteiger partial charge in [-0.1, -0.05) is 30.3 Å². The molecule has 0 aliphatic rings. The molecule has 0 spiro atoms. The molecule has 0 radical (unpaired) electrons. The quantitative estimate of drug-likeness (QED) is 0.371. The smallest absolute Gasteiger partial charge is 0.269 e. The van der Waals surface area contributed by atoms with E-state index in [-0.39, 0.29) is 11.4 Å². The number of hydrogen-bond donors (Lipinski definition) is 1. The van der Waals surface area contributed by atoms with Gasteiger partial charge >= 0.3 is 0 Å². The summed E-state index contributed by atoms with van der Waals surface area (Å²) in [6.07, 6.45) is 0. The molecule has 30 heavy (non-hydrogen) atoms. The molecule has 0 atom stereocenters. The first-order valence-corrected chi connectivity index (χ1v) is 8.80. The molecule has 4 aromatic rings. The SMILES string of the molecule is O=[N+]([O-])c1ccc(Nc2nnc(-c3ccccc3)n2-c2ccc([N+](=O)[O-])cc2)cc1. The Morgan fingerprint density at radius 2 is 1.30 bits per heavy atom. The number of rotatable bonds is 6. The molecule has 1 N–H and O–H groups in total. The van der Waals surface area contributed by atoms with E-state index < -0.39 is 9.85 Å². The second-order valence-corrected chi connectivity index (χ2v) is 6.25. The van der Waals surface area contributed by atoms with Crippen LogP contribution in [-0.4, -0.2) is 24.6 Å². The van der Waals surface area contributed by atoms with Crippen molar-refractivity contribution < 1.29 is 9.85 Å². The Bertz CT molecular complexity index is 1200. The summed E-state index contributed by atoms with van der Waals surface area (Å²) in [7, 11) is 0. The van der Waals surface area contributed by atoms with Gasteiger partial charge in [0.1, 0.15) is 0 Å². The lowest BCUT2D eigenvalue weighted by molar-refractivity contribution is -0.385. The molecule has 0 aliphatic carbocycles. The molecular weight excluding hydrogens is 388 g/mol. The monoisotopic (exact) mass is 402 g/mol. The second kappa shape index (κ2) is 7.80. The van der Waals surface area contributed by atoms with Crippen LogP contribution in [0.2, 0.25) is 0 Å². The number of nitro benzene ring substituents is 2. The number of nitro groups is 2. The van der Waals surface area contributed by atoms with Crippen LogP contribution in [0, 0.1) is 20.2 Å². The van der Waals surface area contributed by atoms with Gasteiger partial charge in [0.2, 0.25) is 5.95 Å². The first-order chi connectivity index (χ1) is 14.5. The molecule has 1 aromatic heterocycles. The third-order valence-corrected chi connectivity index (χ3v) is 4.35. The zero-order valence-electron chi connectivity index (χ0n) is 15.4. The zero-order valence-corrected chi connectivity index (χ0v) is 15.4. The molecule has 0 saturated carbocycles. The van der Waals surface area contributed by atoms with Gasteiger partial charge < -0.3 is 5.32 Å². The van der Waals surface area contributed by atoms with Gasteiger partial charge in [0.25, 0.3) is 11.4 Å². The third kappa shape index (κ3) is 3.69. The summed E-state index contributed by atoms with van der Waals surface area (Å²) in [4.78, 5) is 20.9. The fourth-order valence-corrected chi connectivity index (χ4v) is 2.90. The van der Waals surface area contributed by atoms with Crippen LogP contribution >= 0.6 is 0 Å². The van der Waals surface area contributed by atoms with E-state index in [1.807, 2.05) is 30.3 Å². The van der Waals surface area contributed by atoms with Crippen molar-refractivity contribution in [2.75, 3.05) is 5.32 Å². The van der Waals surface area contributed by atoms with Crippen LogP contribution in [0.5, 0.6) is 0 Å². The molecule has 0 saturated heterocycles. The van der Waals surface area contributed by atoms with Gasteiger partial charge in [0, 0.05) is 35.5 Å². The van der Waals surface area contributed by atoms with Crippen molar-refractivity contribution in [1.82, 2.24) is 14.8 Å². The largest absolute Gasteiger partial charge is 0.324 e. The van der Waals surface area contributed by atoms with Crippen molar-refractivity contribution in [3.05, 3.63) is 99.1 Å². The van der Waals surface area contributed by atoms with Crippen molar-refractivity contribution in [2.45, 2.75) is 0 Å². The Morgan fingerprint density at radius 3 is 1.87 bits per heavy atom. The minimum absolute atomic E-state index is 0.0256. The summed E-state index contributed by atoms with van der Waals surface area (Å²) >= 11 is 0. The van der Waals surface area contributed by atoms with Crippen molar-refractivity contribution >= 4 is 23.0 Å². The van der Waals surface area contributed by atoms with Gasteiger partial charge in [-0.2, -0.15) is 0 Å². The summed E-state index contributed by atoms with van der Waals surface area (Å²) in [5.41, 5.74) is 1.95. The van der Waals surface area contributed by atoms with Crippen LogP contribution in [-0.2, 0) is 0 Å². The van der Waals surface area contributed by atoms with E-state index in [1.54, 1.807) is 28.8 Å². The predicted molar refractivity (Wildman–Crippen MR) is 110 cm³/mol. The van der Waals surface area contributed by atoms with Crippen LogP contribution in [0.3, 0.4) is 0 Å². The summed E-state index contributed by atoms with van der Waals surface area (Å²) in [5, 5.41) is 33.4. The Labute approximate surface area is 169 Å². The number of nitrogens with zero attached hydrogens (tertiary/aromatic N) is 5. The summed E-state index contributed by atoms with van der Waals surface area (Å²) in [5.74, 6) is 0.894. The van der Waals surface area contributed by atoms with Crippen LogP contribution < -0.4 is 5.32 Å². The molecule has 10 heteroatoms. The Balaban J connectivity index is 1.77. The molecule has 4 rings (SSSR count). The van der Waals surface area contributed by atoms with Crippen LogP contribution in [0.4, 0.5) is 23.0 Å². The molecule has 0 unspecified atom stereocenters. The van der Waals surface area contributed by atoms with Gasteiger partial charge in [-0.3, -0.25) is 24.8 Å². The fourth-order valence-electron chi connectivity index (χ4n) is 2.90. The lowest BCUT2D eigenvalue weighted by Crippen LogP contribution is -2.04. The normalized spacial score (nSPS) is 10.5. The topological polar surface area (TPSA) is 129 Å². The zero-order chi connectivity index (χ0) is 21.1. The van der Waals surface area contributed by atoms with E-state index in [2.05, 4.69) is 15.5 Å². The highest BCUT2D eigenvalue weighted by molar-refractivity contribution is 5.65. The number of nitrogens with one attached hydrogen (secondary N) is 1. The second-order valence-electron chi connectivity index (χ2n) is 6.25. The van der Waals surface area contributed by atoms with E-state index in [0.717, 1.165) is 5.56 Å². The Hall–Kier alpha value is -4.60. The fraction of sp³-hybridized carbons (Fsp3) is 0. The van der Waals surface area contributed by atoms with Crippen molar-refractivity contribution in [3.8, 4) is 17.1 Å². The average molecular weight is 402 g/mol. The molecule has 0 aliphatic heterocycles. The molecule has 1 heterocycles.